The summed E-state index contributed by atoms with van der Waals surface area (Å²) in [5.41, 5.74) is 0. The van der Waals surface area contributed by atoms with Gasteiger partial charge in [0.2, 0.25) is 0 Å². The van der Waals surface area contributed by atoms with Crippen LogP contribution in [0.4, 0.5) is 13.9 Å². The monoisotopic (exact) mass is 151 g/mol. The summed E-state index contributed by atoms with van der Waals surface area (Å²) >= 11 is -6.88. The zero-order chi connectivity index (χ0) is 4.50. The average molecular weight is 151 g/mol. The second kappa shape index (κ2) is 1.17. The van der Waals surface area contributed by atoms with Crippen LogP contribution in [0.25, 0.3) is 0 Å². The molecule has 5 heavy (non-hydrogen) atoms. The van der Waals surface area contributed by atoms with Gasteiger partial charge < -0.3 is 0 Å². The molecular formula is AsF4. The second-order valence-electron chi connectivity index (χ2n) is 0.383. The maximum absolute atomic E-state index is 9.86. The zero-order valence-electron chi connectivity index (χ0n) is 1.96. The molecule has 0 rings (SSSR count). The minimum absolute atomic E-state index is 6.88. The Balaban J connectivity index is 3.02. The van der Waals surface area contributed by atoms with E-state index in [1.54, 1.807) is 0 Å². The van der Waals surface area contributed by atoms with Crippen LogP contribution in [0.2, 0.25) is 0 Å². The van der Waals surface area contributed by atoms with E-state index in [2.05, 4.69) is 0 Å². The Morgan fingerprint density at radius 1 is 0.800 bits per heavy atom. The molecule has 0 aliphatic carbocycles. The van der Waals surface area contributed by atoms with E-state index in [1.165, 1.54) is 0 Å². The summed E-state index contributed by atoms with van der Waals surface area (Å²) < 4.78 is 39.4. The summed E-state index contributed by atoms with van der Waals surface area (Å²) in [4.78, 5) is 0. The first-order valence-corrected chi connectivity index (χ1v) is 3.51. The molecule has 0 fully saturated rings. The molecule has 0 nitrogen and oxygen atoms in total. The van der Waals surface area contributed by atoms with E-state index in [0.29, 0.717) is 0 Å². The van der Waals surface area contributed by atoms with E-state index in [1.807, 2.05) is 0 Å². The summed E-state index contributed by atoms with van der Waals surface area (Å²) in [6.07, 6.45) is 0. The third kappa shape index (κ3) is 286. The van der Waals surface area contributed by atoms with Crippen LogP contribution in [-0.4, -0.2) is 15.4 Å². The van der Waals surface area contributed by atoms with Gasteiger partial charge >= 0.3 is 29.3 Å². The summed E-state index contributed by atoms with van der Waals surface area (Å²) in [6, 6.07) is 0. The SMILES string of the molecule is F[As](F)(F)F. The van der Waals surface area contributed by atoms with Gasteiger partial charge in [-0.25, -0.2) is 0 Å². The van der Waals surface area contributed by atoms with Crippen molar-refractivity contribution in [1.82, 2.24) is 0 Å². The Morgan fingerprint density at radius 2 is 0.800 bits per heavy atom. The molecule has 0 aromatic rings. The van der Waals surface area contributed by atoms with Crippen LogP contribution in [-0.2, 0) is 0 Å². The Morgan fingerprint density at radius 3 is 0.800 bits per heavy atom. The molecule has 33 valence electrons. The van der Waals surface area contributed by atoms with Crippen molar-refractivity contribution in [3.8, 4) is 0 Å². The molecule has 0 aliphatic rings. The van der Waals surface area contributed by atoms with E-state index in [-0.39, 0.29) is 0 Å². The predicted molar refractivity (Wildman–Crippen MR) is 10.2 cm³/mol. The number of rotatable bonds is 0. The quantitative estimate of drug-likeness (QED) is 0.361. The van der Waals surface area contributed by atoms with Crippen LogP contribution < -0.4 is 0 Å². The fourth-order valence-electron chi connectivity index (χ4n) is 0. The molecule has 0 amide bonds. The summed E-state index contributed by atoms with van der Waals surface area (Å²) in [7, 11) is 0. The number of hydrogen-bond acceptors (Lipinski definition) is 0. The van der Waals surface area contributed by atoms with Gasteiger partial charge in [-0.3, -0.25) is 0 Å². The molecule has 0 heterocycles. The van der Waals surface area contributed by atoms with Gasteiger partial charge in [-0.2, -0.15) is 0 Å². The van der Waals surface area contributed by atoms with Crippen LogP contribution in [0, 0.1) is 0 Å². The van der Waals surface area contributed by atoms with Crippen LogP contribution in [0.3, 0.4) is 0 Å². The molecule has 0 atom stereocenters. The normalized spacial score (nSPS) is 12.0. The first-order chi connectivity index (χ1) is 2.00. The van der Waals surface area contributed by atoms with Gasteiger partial charge in [0.1, 0.15) is 0 Å². The zero-order valence-corrected chi connectivity index (χ0v) is 3.84. The van der Waals surface area contributed by atoms with Gasteiger partial charge in [-0.15, -0.1) is 0 Å². The van der Waals surface area contributed by atoms with Crippen molar-refractivity contribution in [3.63, 3.8) is 0 Å². The van der Waals surface area contributed by atoms with Gasteiger partial charge in [-0.1, -0.05) is 0 Å². The van der Waals surface area contributed by atoms with Gasteiger partial charge in [0, 0.05) is 0 Å². The summed E-state index contributed by atoms with van der Waals surface area (Å²) in [5, 5.41) is 0. The van der Waals surface area contributed by atoms with Gasteiger partial charge in [0.05, 0.1) is 0 Å². The van der Waals surface area contributed by atoms with Gasteiger partial charge in [-0.05, 0) is 0 Å². The van der Waals surface area contributed by atoms with Crippen LogP contribution in [0.15, 0.2) is 0 Å². The van der Waals surface area contributed by atoms with Crippen molar-refractivity contribution in [2.24, 2.45) is 0 Å². The number of halogens is 4. The first-order valence-electron chi connectivity index (χ1n) is 0.676. The van der Waals surface area contributed by atoms with E-state index in [0.717, 1.165) is 0 Å². The molecule has 0 aromatic heterocycles. The topological polar surface area (TPSA) is 0 Å². The molecule has 0 aliphatic heterocycles. The van der Waals surface area contributed by atoms with Crippen molar-refractivity contribution in [1.29, 1.82) is 0 Å². The van der Waals surface area contributed by atoms with Crippen molar-refractivity contribution >= 4 is 15.4 Å². The van der Waals surface area contributed by atoms with Crippen molar-refractivity contribution in [2.45, 2.75) is 0 Å². The Hall–Kier alpha value is 0.278. The molecule has 0 bridgehead atoms. The molecule has 0 saturated carbocycles. The molecule has 1 radical (unpaired) electrons. The van der Waals surface area contributed by atoms with Crippen LogP contribution in [0.1, 0.15) is 0 Å². The van der Waals surface area contributed by atoms with Crippen molar-refractivity contribution in [3.05, 3.63) is 0 Å². The molecule has 0 unspecified atom stereocenters. The Kier molecular flexibility index (Phi) is 1.23. The van der Waals surface area contributed by atoms with Crippen molar-refractivity contribution < 1.29 is 13.9 Å². The van der Waals surface area contributed by atoms with E-state index in [4.69, 9.17) is 0 Å². The van der Waals surface area contributed by atoms with Gasteiger partial charge in [0.25, 0.3) is 0 Å². The van der Waals surface area contributed by atoms with E-state index < -0.39 is 15.4 Å². The van der Waals surface area contributed by atoms with Crippen LogP contribution in [0.5, 0.6) is 0 Å². The minimum atomic E-state index is -6.88. The van der Waals surface area contributed by atoms with E-state index >= 15 is 0 Å². The molecule has 0 saturated heterocycles. The molecule has 0 spiro atoms. The predicted octanol–water partition coefficient (Wildman–Crippen LogP) is 1.30. The van der Waals surface area contributed by atoms with E-state index in [9.17, 15) is 13.9 Å². The second-order valence-corrected chi connectivity index (χ2v) is 1.99. The summed E-state index contributed by atoms with van der Waals surface area (Å²) in [5.74, 6) is 0. The summed E-state index contributed by atoms with van der Waals surface area (Å²) in [6.45, 7) is 0. The third-order valence-corrected chi connectivity index (χ3v) is 0. The first kappa shape index (κ1) is 5.28. The third-order valence-electron chi connectivity index (χ3n) is 0. The average Bonchev–Trinajstić information content (AvgIpc) is 0.722. The maximum atomic E-state index is 9.86. The Bertz CT molecular complexity index is 19.1. The number of hydrogen-bond donors (Lipinski definition) is 0. The molecule has 0 N–H and O–H groups in total. The molecule has 5 heteroatoms. The Labute approximate surface area is 30.2 Å². The fourth-order valence-corrected chi connectivity index (χ4v) is 0. The standard InChI is InChI=1S/AsF4/c2-1(3,4)5. The van der Waals surface area contributed by atoms with Crippen molar-refractivity contribution in [2.75, 3.05) is 0 Å². The molecule has 0 aromatic carbocycles. The van der Waals surface area contributed by atoms with Gasteiger partial charge in [0.15, 0.2) is 0 Å². The molecular weight excluding hydrogens is 151 g/mol. The fraction of sp³-hybridized carbons (Fsp3) is 0. The van der Waals surface area contributed by atoms with Crippen LogP contribution >= 0.6 is 0 Å².